The molecule has 0 bridgehead atoms. The average Bonchev–Trinajstić information content (AvgIpc) is 2.91. The number of hydrogen-bond donors (Lipinski definition) is 0. The van der Waals surface area contributed by atoms with Crippen molar-refractivity contribution in [3.63, 3.8) is 0 Å². The quantitative estimate of drug-likeness (QED) is 0.514. The van der Waals surface area contributed by atoms with Crippen LogP contribution in [0.4, 0.5) is 0 Å². The maximum atomic E-state index is 10.5. The molecule has 2 aliphatic carbocycles. The van der Waals surface area contributed by atoms with Gasteiger partial charge in [-0.25, -0.2) is 0 Å². The van der Waals surface area contributed by atoms with Crippen LogP contribution in [0.1, 0.15) is 0 Å². The van der Waals surface area contributed by atoms with Crippen molar-refractivity contribution in [2.75, 3.05) is 0 Å². The predicted octanol–water partition coefficient (Wildman–Crippen LogP) is 1.50. The molecule has 2 rings (SSSR count). The van der Waals surface area contributed by atoms with Crippen LogP contribution in [0.2, 0.25) is 0 Å². The molecule has 0 heterocycles. The zero-order valence-electron chi connectivity index (χ0n) is 7.91. The second kappa shape index (κ2) is 8.95. The van der Waals surface area contributed by atoms with Gasteiger partial charge in [-0.2, -0.15) is 5.26 Å². The fourth-order valence-electron chi connectivity index (χ4n) is 0.911. The van der Waals surface area contributed by atoms with E-state index in [1.54, 1.807) is 25.7 Å². The van der Waals surface area contributed by atoms with Crippen molar-refractivity contribution in [1.82, 2.24) is 0 Å². The molecule has 0 saturated heterocycles. The van der Waals surface area contributed by atoms with E-state index in [2.05, 4.69) is 0 Å². The van der Waals surface area contributed by atoms with Crippen LogP contribution in [0.15, 0.2) is 0 Å². The summed E-state index contributed by atoms with van der Waals surface area (Å²) >= 11 is 0. The molecule has 0 N–H and O–H groups in total. The van der Waals surface area contributed by atoms with Crippen molar-refractivity contribution in [2.24, 2.45) is 0 Å². The van der Waals surface area contributed by atoms with E-state index < -0.39 is 5.78 Å². The Bertz CT molecular complexity index is 205. The summed E-state index contributed by atoms with van der Waals surface area (Å²) in [4.78, 5) is 10.5. The van der Waals surface area contributed by atoms with E-state index in [0.717, 1.165) is 0 Å². The van der Waals surface area contributed by atoms with Gasteiger partial charge in [0.15, 0.2) is 0 Å². The number of carbonyl (C=O) groups excluding carboxylic acids is 1. The standard InChI is InChI=1S/C7H4NO.C5H5.Fe/c8-5-7(9)6-3-1-2-4-6;1-2-4-5-3-1;/h1-4H;1-5H;/q;;+2. The van der Waals surface area contributed by atoms with Gasteiger partial charge in [0.1, 0.15) is 6.07 Å². The Balaban J connectivity index is 0.000000280. The van der Waals surface area contributed by atoms with E-state index >= 15 is 0 Å². The summed E-state index contributed by atoms with van der Waals surface area (Å²) in [6.07, 6.45) is 16.7. The third-order valence-corrected chi connectivity index (χ3v) is 1.58. The Morgan fingerprint density at radius 2 is 1.33 bits per heavy atom. The predicted molar refractivity (Wildman–Crippen MR) is 52.6 cm³/mol. The van der Waals surface area contributed by atoms with E-state index in [0.29, 0.717) is 5.92 Å². The molecule has 0 aromatic rings. The molecule has 0 aromatic heterocycles. The molecule has 0 spiro atoms. The molecule has 0 aromatic carbocycles. The van der Waals surface area contributed by atoms with Crippen molar-refractivity contribution in [2.45, 2.75) is 0 Å². The minimum atomic E-state index is -0.472. The van der Waals surface area contributed by atoms with Crippen LogP contribution < -0.4 is 0 Å². The van der Waals surface area contributed by atoms with Crippen LogP contribution in [0.3, 0.4) is 0 Å². The Morgan fingerprint density at radius 3 is 1.67 bits per heavy atom. The van der Waals surface area contributed by atoms with Crippen LogP contribution in [-0.4, -0.2) is 5.78 Å². The molecule has 0 atom stereocenters. The number of hydrogen-bond acceptors (Lipinski definition) is 2. The molecule has 74 valence electrons. The maximum Gasteiger partial charge on any atom is 2.00 e. The van der Waals surface area contributed by atoms with E-state index in [9.17, 15) is 4.79 Å². The van der Waals surface area contributed by atoms with Crippen molar-refractivity contribution in [3.8, 4) is 6.07 Å². The van der Waals surface area contributed by atoms with Crippen molar-refractivity contribution < 1.29 is 21.9 Å². The summed E-state index contributed by atoms with van der Waals surface area (Å²) in [5, 5.41) is 8.11. The summed E-state index contributed by atoms with van der Waals surface area (Å²) in [5.41, 5.74) is 0. The first-order valence-corrected chi connectivity index (χ1v) is 4.17. The first-order valence-electron chi connectivity index (χ1n) is 4.17. The smallest absolute Gasteiger partial charge is 0.282 e. The molecule has 3 heteroatoms. The Labute approximate surface area is 103 Å². The topological polar surface area (TPSA) is 40.9 Å². The largest absolute Gasteiger partial charge is 2.00 e. The van der Waals surface area contributed by atoms with Gasteiger partial charge in [0.2, 0.25) is 5.78 Å². The van der Waals surface area contributed by atoms with Crippen molar-refractivity contribution in [3.05, 3.63) is 63.7 Å². The van der Waals surface area contributed by atoms with Crippen LogP contribution in [-0.2, 0) is 21.9 Å². The van der Waals surface area contributed by atoms with Gasteiger partial charge in [0, 0.05) is 0 Å². The first kappa shape index (κ1) is 14.7. The molecular weight excluding hydrogens is 230 g/mol. The molecule has 15 heavy (non-hydrogen) atoms. The van der Waals surface area contributed by atoms with Gasteiger partial charge in [-0.05, 0) is 57.8 Å². The normalized spacial score (nSPS) is 19.7. The monoisotopic (exact) mass is 239 g/mol. The molecule has 2 aliphatic rings. The van der Waals surface area contributed by atoms with Gasteiger partial charge in [-0.15, -0.1) is 0 Å². The zero-order chi connectivity index (χ0) is 10.2. The SMILES string of the molecule is N#CC(=O)[C]1[CH][CH][CH][CH]1.[CH]1[CH][CH][CH][CH]1.[Fe+2]. The average molecular weight is 239 g/mol. The molecule has 0 aliphatic heterocycles. The van der Waals surface area contributed by atoms with E-state index in [-0.39, 0.29) is 17.1 Å². The van der Waals surface area contributed by atoms with Crippen LogP contribution >= 0.6 is 0 Å². The minimum Gasteiger partial charge on any atom is -0.282 e. The fourth-order valence-corrected chi connectivity index (χ4v) is 0.911. The van der Waals surface area contributed by atoms with Crippen LogP contribution in [0.5, 0.6) is 0 Å². The second-order valence-electron chi connectivity index (χ2n) is 2.58. The molecule has 2 nitrogen and oxygen atoms in total. The molecular formula is C12H9FeNO+2. The summed E-state index contributed by atoms with van der Waals surface area (Å²) in [6, 6.07) is 1.53. The summed E-state index contributed by atoms with van der Waals surface area (Å²) in [7, 11) is 0. The van der Waals surface area contributed by atoms with E-state index in [1.165, 1.54) is 6.07 Å². The minimum absolute atomic E-state index is 0. The van der Waals surface area contributed by atoms with Crippen LogP contribution in [0.25, 0.3) is 0 Å². The van der Waals surface area contributed by atoms with Gasteiger partial charge >= 0.3 is 17.1 Å². The van der Waals surface area contributed by atoms with Crippen LogP contribution in [0, 0.1) is 75.0 Å². The number of ketones is 1. The second-order valence-corrected chi connectivity index (χ2v) is 2.58. The number of nitrogens with zero attached hydrogens (tertiary/aromatic N) is 1. The van der Waals surface area contributed by atoms with Gasteiger partial charge in [0.05, 0.1) is 5.92 Å². The molecule has 2 fully saturated rings. The molecule has 0 unspecified atom stereocenters. The molecule has 10 radical (unpaired) electrons. The summed E-state index contributed by atoms with van der Waals surface area (Å²) < 4.78 is 0. The number of nitriles is 1. The Hall–Kier alpha value is -0.321. The van der Waals surface area contributed by atoms with Gasteiger partial charge in [-0.3, -0.25) is 4.79 Å². The van der Waals surface area contributed by atoms with Crippen molar-refractivity contribution >= 4 is 5.78 Å². The molecule has 0 amide bonds. The van der Waals surface area contributed by atoms with Crippen molar-refractivity contribution in [1.29, 1.82) is 5.26 Å². The zero-order valence-corrected chi connectivity index (χ0v) is 9.01. The third-order valence-electron chi connectivity index (χ3n) is 1.58. The summed E-state index contributed by atoms with van der Waals surface area (Å²) in [6.45, 7) is 0. The van der Waals surface area contributed by atoms with Gasteiger partial charge < -0.3 is 0 Å². The number of carbonyl (C=O) groups is 1. The van der Waals surface area contributed by atoms with Gasteiger partial charge in [-0.1, -0.05) is 0 Å². The molecule has 2 saturated carbocycles. The Kier molecular flexibility index (Phi) is 8.75. The third kappa shape index (κ3) is 5.97. The fraction of sp³-hybridized carbons (Fsp3) is 0. The Morgan fingerprint density at radius 1 is 0.933 bits per heavy atom. The number of rotatable bonds is 1. The van der Waals surface area contributed by atoms with E-state index in [1.807, 2.05) is 32.1 Å². The summed E-state index contributed by atoms with van der Waals surface area (Å²) in [5.74, 6) is -0.00231. The maximum absolute atomic E-state index is 10.5. The first-order chi connectivity index (χ1) is 6.84. The van der Waals surface area contributed by atoms with Gasteiger partial charge in [0.25, 0.3) is 0 Å². The number of Topliss-reactive ketones (excluding diaryl/α,β-unsaturated/α-hetero) is 1. The van der Waals surface area contributed by atoms with E-state index in [4.69, 9.17) is 5.26 Å².